The molecule has 0 radical (unpaired) electrons. The third-order valence-electron chi connectivity index (χ3n) is 0.595. The largest absolute Gasteiger partial charge is 0.197 e. The summed E-state index contributed by atoms with van der Waals surface area (Å²) in [5, 5.41) is 10.3. The molecule has 7 heavy (non-hydrogen) atoms. The highest BCUT2D eigenvalue weighted by Crippen LogP contribution is 2.34. The summed E-state index contributed by atoms with van der Waals surface area (Å²) in [6, 6.07) is 2.12. The van der Waals surface area contributed by atoms with E-state index in [9.17, 15) is 0 Å². The van der Waals surface area contributed by atoms with Crippen LogP contribution in [0.25, 0.3) is 0 Å². The van der Waals surface area contributed by atoms with Gasteiger partial charge in [-0.05, 0) is 11.5 Å². The lowest BCUT2D eigenvalue weighted by atomic mass is 10.5. The van der Waals surface area contributed by atoms with Crippen LogP contribution >= 0.6 is 21.6 Å². The monoisotopic (exact) mass is 129 g/mol. The average molecular weight is 129 g/mol. The third kappa shape index (κ3) is 1.15. The van der Waals surface area contributed by atoms with Crippen molar-refractivity contribution in [1.29, 1.82) is 5.26 Å². The molecule has 0 fully saturated rings. The first-order valence-corrected chi connectivity index (χ1v) is 4.09. The second-order valence-electron chi connectivity index (χ2n) is 1.07. The molecule has 0 bridgehead atoms. The zero-order chi connectivity index (χ0) is 5.11. The first-order valence-electron chi connectivity index (χ1n) is 1.82. The van der Waals surface area contributed by atoms with Crippen LogP contribution in [0.15, 0.2) is 11.5 Å². The van der Waals surface area contributed by atoms with Gasteiger partial charge in [0.25, 0.3) is 0 Å². The van der Waals surface area contributed by atoms with Gasteiger partial charge in [-0.2, -0.15) is 5.26 Å². The quantitative estimate of drug-likeness (QED) is 0.466. The SMILES string of the molecule is N#CC1C=CSS1. The van der Waals surface area contributed by atoms with Gasteiger partial charge in [0.15, 0.2) is 0 Å². The van der Waals surface area contributed by atoms with Gasteiger partial charge < -0.3 is 0 Å². The summed E-state index contributed by atoms with van der Waals surface area (Å²) in [6.45, 7) is 0. The van der Waals surface area contributed by atoms with E-state index in [-0.39, 0.29) is 5.25 Å². The minimum absolute atomic E-state index is 0.102. The highest BCUT2D eigenvalue weighted by molar-refractivity contribution is 8.78. The third-order valence-corrected chi connectivity index (χ3v) is 2.73. The molecule has 1 rings (SSSR count). The second-order valence-corrected chi connectivity index (χ2v) is 3.39. The van der Waals surface area contributed by atoms with Crippen LogP contribution in [0.5, 0.6) is 0 Å². The Labute approximate surface area is 50.2 Å². The van der Waals surface area contributed by atoms with E-state index in [2.05, 4.69) is 6.07 Å². The Morgan fingerprint density at radius 3 is 2.86 bits per heavy atom. The molecule has 0 spiro atoms. The summed E-state index contributed by atoms with van der Waals surface area (Å²) in [7, 11) is 3.21. The van der Waals surface area contributed by atoms with Crippen molar-refractivity contribution < 1.29 is 0 Å². The van der Waals surface area contributed by atoms with E-state index in [1.165, 1.54) is 0 Å². The van der Waals surface area contributed by atoms with Crippen LogP contribution in [-0.2, 0) is 0 Å². The molecule has 0 amide bonds. The Kier molecular flexibility index (Phi) is 1.66. The van der Waals surface area contributed by atoms with E-state index in [4.69, 9.17) is 5.26 Å². The molecule has 1 unspecified atom stereocenters. The van der Waals surface area contributed by atoms with Gasteiger partial charge in [-0.3, -0.25) is 0 Å². The van der Waals surface area contributed by atoms with Crippen molar-refractivity contribution in [3.05, 3.63) is 11.5 Å². The van der Waals surface area contributed by atoms with Crippen molar-refractivity contribution in [1.82, 2.24) is 0 Å². The van der Waals surface area contributed by atoms with E-state index >= 15 is 0 Å². The van der Waals surface area contributed by atoms with Gasteiger partial charge in [0.1, 0.15) is 5.25 Å². The number of nitriles is 1. The van der Waals surface area contributed by atoms with Crippen LogP contribution in [0.4, 0.5) is 0 Å². The minimum Gasteiger partial charge on any atom is -0.197 e. The van der Waals surface area contributed by atoms with Crippen molar-refractivity contribution in [3.63, 3.8) is 0 Å². The molecule has 1 aliphatic heterocycles. The lowest BCUT2D eigenvalue weighted by Gasteiger charge is -1.84. The Hall–Kier alpha value is -0.0700. The summed E-state index contributed by atoms with van der Waals surface area (Å²) in [5.41, 5.74) is 0. The maximum absolute atomic E-state index is 8.23. The van der Waals surface area contributed by atoms with E-state index in [0.717, 1.165) is 0 Å². The number of nitrogens with zero attached hydrogens (tertiary/aromatic N) is 1. The lowest BCUT2D eigenvalue weighted by molar-refractivity contribution is 1.39. The molecule has 0 N–H and O–H groups in total. The van der Waals surface area contributed by atoms with Gasteiger partial charge in [0, 0.05) is 0 Å². The summed E-state index contributed by atoms with van der Waals surface area (Å²) in [6.07, 6.45) is 1.90. The van der Waals surface area contributed by atoms with Crippen molar-refractivity contribution in [2.24, 2.45) is 0 Å². The van der Waals surface area contributed by atoms with Crippen LogP contribution < -0.4 is 0 Å². The number of hydrogen-bond acceptors (Lipinski definition) is 3. The Balaban J connectivity index is 2.47. The topological polar surface area (TPSA) is 23.8 Å². The summed E-state index contributed by atoms with van der Waals surface area (Å²) in [4.78, 5) is 0. The normalized spacial score (nSPS) is 27.6. The minimum atomic E-state index is 0.102. The standard InChI is InChI=1S/C4H3NS2/c5-3-4-1-2-6-7-4/h1-2,4H. The molecule has 1 atom stereocenters. The van der Waals surface area contributed by atoms with Crippen LogP contribution in [0, 0.1) is 11.3 Å². The molecule has 0 aromatic carbocycles. The summed E-state index contributed by atoms with van der Waals surface area (Å²) < 4.78 is 0. The summed E-state index contributed by atoms with van der Waals surface area (Å²) >= 11 is 0. The summed E-state index contributed by atoms with van der Waals surface area (Å²) in [5.74, 6) is 0. The molecule has 3 heteroatoms. The van der Waals surface area contributed by atoms with Gasteiger partial charge in [0.05, 0.1) is 6.07 Å². The zero-order valence-electron chi connectivity index (χ0n) is 3.50. The molecule has 36 valence electrons. The zero-order valence-corrected chi connectivity index (χ0v) is 5.13. The van der Waals surface area contributed by atoms with Crippen LogP contribution in [0.2, 0.25) is 0 Å². The molecule has 0 saturated heterocycles. The van der Waals surface area contributed by atoms with Gasteiger partial charge in [-0.15, -0.1) is 0 Å². The fourth-order valence-corrected chi connectivity index (χ4v) is 2.05. The molecule has 0 aromatic heterocycles. The van der Waals surface area contributed by atoms with Gasteiger partial charge >= 0.3 is 0 Å². The smallest absolute Gasteiger partial charge is 0.121 e. The molecule has 0 aliphatic carbocycles. The predicted octanol–water partition coefficient (Wildman–Crippen LogP) is 1.79. The molecule has 1 heterocycles. The van der Waals surface area contributed by atoms with Crippen molar-refractivity contribution in [2.45, 2.75) is 5.25 Å². The Bertz CT molecular complexity index is 124. The fraction of sp³-hybridized carbons (Fsp3) is 0.250. The van der Waals surface area contributed by atoms with E-state index in [1.807, 2.05) is 11.5 Å². The molecule has 0 aromatic rings. The highest BCUT2D eigenvalue weighted by Gasteiger charge is 2.06. The number of hydrogen-bond donors (Lipinski definition) is 0. The maximum atomic E-state index is 8.23. The maximum Gasteiger partial charge on any atom is 0.121 e. The first-order chi connectivity index (χ1) is 3.43. The molecular formula is C4H3NS2. The van der Waals surface area contributed by atoms with Crippen LogP contribution in [0.1, 0.15) is 0 Å². The molecular weight excluding hydrogens is 126 g/mol. The lowest BCUT2D eigenvalue weighted by Crippen LogP contribution is -1.82. The van der Waals surface area contributed by atoms with E-state index < -0.39 is 0 Å². The molecule has 0 saturated carbocycles. The van der Waals surface area contributed by atoms with Crippen molar-refractivity contribution >= 4 is 21.6 Å². The van der Waals surface area contributed by atoms with Crippen LogP contribution in [-0.4, -0.2) is 5.25 Å². The van der Waals surface area contributed by atoms with E-state index in [0.29, 0.717) is 0 Å². The average Bonchev–Trinajstić information content (AvgIpc) is 2.14. The van der Waals surface area contributed by atoms with E-state index in [1.54, 1.807) is 21.6 Å². The molecule has 1 nitrogen and oxygen atoms in total. The predicted molar refractivity (Wildman–Crippen MR) is 33.7 cm³/mol. The fourth-order valence-electron chi connectivity index (χ4n) is 0.292. The van der Waals surface area contributed by atoms with Gasteiger partial charge in [-0.25, -0.2) is 0 Å². The molecule has 1 aliphatic rings. The Morgan fingerprint density at radius 1 is 1.71 bits per heavy atom. The number of rotatable bonds is 0. The van der Waals surface area contributed by atoms with Gasteiger partial charge in [-0.1, -0.05) is 21.6 Å². The van der Waals surface area contributed by atoms with Gasteiger partial charge in [0.2, 0.25) is 0 Å². The Morgan fingerprint density at radius 2 is 2.57 bits per heavy atom. The van der Waals surface area contributed by atoms with Crippen molar-refractivity contribution in [2.75, 3.05) is 0 Å². The van der Waals surface area contributed by atoms with Crippen LogP contribution in [0.3, 0.4) is 0 Å². The first kappa shape index (κ1) is 5.07. The highest BCUT2D eigenvalue weighted by atomic mass is 33.1. The van der Waals surface area contributed by atoms with Crippen molar-refractivity contribution in [3.8, 4) is 6.07 Å². The second kappa shape index (κ2) is 2.29.